The van der Waals surface area contributed by atoms with Gasteiger partial charge in [0.05, 0.1) is 0 Å². The maximum Gasteiger partial charge on any atom is 0.252 e. The van der Waals surface area contributed by atoms with E-state index in [1.807, 2.05) is 78.9 Å². The molecule has 0 aromatic heterocycles. The van der Waals surface area contributed by atoms with Gasteiger partial charge in [-0.2, -0.15) is 0 Å². The summed E-state index contributed by atoms with van der Waals surface area (Å²) >= 11 is 1.36. The molecule has 142 valence electrons. The smallest absolute Gasteiger partial charge is 0.252 e. The standard InChI is InChI=1S/C22H18N2O2S.ClH/c25-19(16-10-4-1-5-11-16)23-21-22(26,18-14-8-3-9-15-18)24-20(27-21)17-12-6-2-7-13-17;/h1-15,21,26H,(H,23,25);1H/p-1. The molecule has 28 heavy (non-hydrogen) atoms. The molecule has 1 amide bonds. The van der Waals surface area contributed by atoms with Crippen LogP contribution in [0.5, 0.6) is 0 Å². The molecule has 1 heterocycles. The van der Waals surface area contributed by atoms with E-state index in [-0.39, 0.29) is 18.3 Å². The minimum absolute atomic E-state index is 0. The number of hydrogen-bond donors (Lipinski definition) is 2. The topological polar surface area (TPSA) is 61.7 Å². The third-order valence-corrected chi connectivity index (χ3v) is 5.62. The number of thioether (sulfide) groups is 1. The summed E-state index contributed by atoms with van der Waals surface area (Å²) in [4.78, 5) is 17.3. The van der Waals surface area contributed by atoms with Crippen molar-refractivity contribution in [2.45, 2.75) is 11.1 Å². The highest BCUT2D eigenvalue weighted by Crippen LogP contribution is 2.41. The summed E-state index contributed by atoms with van der Waals surface area (Å²) in [5, 5.41) is 14.4. The molecular formula is C22H18ClN2O2S-. The number of nitrogens with one attached hydrogen (secondary N) is 1. The van der Waals surface area contributed by atoms with Crippen molar-refractivity contribution in [1.82, 2.24) is 5.32 Å². The van der Waals surface area contributed by atoms with Crippen molar-refractivity contribution in [3.8, 4) is 0 Å². The average Bonchev–Trinajstić information content (AvgIpc) is 3.07. The zero-order valence-corrected chi connectivity index (χ0v) is 16.4. The van der Waals surface area contributed by atoms with Gasteiger partial charge in [-0.15, -0.1) is 0 Å². The van der Waals surface area contributed by atoms with E-state index < -0.39 is 11.1 Å². The Balaban J connectivity index is 0.00000225. The molecule has 6 heteroatoms. The Morgan fingerprint density at radius 1 is 0.893 bits per heavy atom. The Morgan fingerprint density at radius 3 is 2.04 bits per heavy atom. The lowest BCUT2D eigenvalue weighted by Crippen LogP contribution is -3.00. The van der Waals surface area contributed by atoms with E-state index in [1.165, 1.54) is 11.8 Å². The summed E-state index contributed by atoms with van der Waals surface area (Å²) in [7, 11) is 0. The molecule has 0 saturated carbocycles. The van der Waals surface area contributed by atoms with Crippen molar-refractivity contribution in [1.29, 1.82) is 0 Å². The number of aliphatic imine (C=N–C) groups is 1. The molecule has 2 unspecified atom stereocenters. The van der Waals surface area contributed by atoms with Gasteiger partial charge in [0.15, 0.2) is 0 Å². The average molecular weight is 410 g/mol. The maximum absolute atomic E-state index is 12.7. The lowest BCUT2D eigenvalue weighted by Gasteiger charge is -2.27. The first-order valence-corrected chi connectivity index (χ1v) is 9.50. The van der Waals surface area contributed by atoms with Crippen molar-refractivity contribution < 1.29 is 22.3 Å². The van der Waals surface area contributed by atoms with Gasteiger partial charge in [0.2, 0.25) is 5.72 Å². The van der Waals surface area contributed by atoms with Crippen molar-refractivity contribution >= 4 is 22.7 Å². The third-order valence-electron chi connectivity index (χ3n) is 4.38. The Kier molecular flexibility index (Phi) is 6.19. The number of benzene rings is 3. The van der Waals surface area contributed by atoms with E-state index in [2.05, 4.69) is 10.3 Å². The van der Waals surface area contributed by atoms with E-state index in [0.717, 1.165) is 5.56 Å². The van der Waals surface area contributed by atoms with Crippen molar-refractivity contribution in [3.63, 3.8) is 0 Å². The third kappa shape index (κ3) is 3.97. The minimum Gasteiger partial charge on any atom is -1.00 e. The van der Waals surface area contributed by atoms with Crippen LogP contribution in [0.3, 0.4) is 0 Å². The predicted octanol–water partition coefficient (Wildman–Crippen LogP) is 0.785. The summed E-state index contributed by atoms with van der Waals surface area (Å²) in [5.74, 6) is -0.244. The highest BCUT2D eigenvalue weighted by Gasteiger charge is 2.46. The fourth-order valence-corrected chi connectivity index (χ4v) is 4.17. The van der Waals surface area contributed by atoms with Gasteiger partial charge in [-0.05, 0) is 12.1 Å². The number of carbonyl (C=O) groups excluding carboxylic acids is 1. The summed E-state index contributed by atoms with van der Waals surface area (Å²) in [6, 6.07) is 27.9. The SMILES string of the molecule is O=C(NC1SC(c2ccccc2)=NC1(O)c1ccccc1)c1ccccc1.[Cl-]. The van der Waals surface area contributed by atoms with E-state index in [4.69, 9.17) is 0 Å². The maximum atomic E-state index is 12.7. The van der Waals surface area contributed by atoms with Crippen LogP contribution in [0.1, 0.15) is 21.5 Å². The number of halogens is 1. The summed E-state index contributed by atoms with van der Waals surface area (Å²) in [6.07, 6.45) is 0. The van der Waals surface area contributed by atoms with Crippen LogP contribution in [0, 0.1) is 0 Å². The second-order valence-corrected chi connectivity index (χ2v) is 7.31. The van der Waals surface area contributed by atoms with Crippen LogP contribution in [0.4, 0.5) is 0 Å². The number of carbonyl (C=O) groups is 1. The monoisotopic (exact) mass is 409 g/mol. The summed E-state index contributed by atoms with van der Waals surface area (Å²) in [5.41, 5.74) is 0.554. The molecule has 2 atom stereocenters. The van der Waals surface area contributed by atoms with E-state index >= 15 is 0 Å². The van der Waals surface area contributed by atoms with Crippen LogP contribution in [-0.4, -0.2) is 21.4 Å². The molecule has 1 aliphatic rings. The molecule has 3 aromatic rings. The van der Waals surface area contributed by atoms with E-state index in [0.29, 0.717) is 16.2 Å². The van der Waals surface area contributed by atoms with Crippen molar-refractivity contribution in [2.24, 2.45) is 4.99 Å². The van der Waals surface area contributed by atoms with Crippen LogP contribution >= 0.6 is 11.8 Å². The Labute approximate surface area is 174 Å². The van der Waals surface area contributed by atoms with Gasteiger partial charge in [-0.25, -0.2) is 4.99 Å². The number of aliphatic hydroxyl groups is 1. The van der Waals surface area contributed by atoms with E-state index in [1.54, 1.807) is 12.1 Å². The highest BCUT2D eigenvalue weighted by molar-refractivity contribution is 8.15. The zero-order valence-electron chi connectivity index (χ0n) is 14.8. The first-order valence-electron chi connectivity index (χ1n) is 8.62. The Morgan fingerprint density at radius 2 is 1.43 bits per heavy atom. The van der Waals surface area contributed by atoms with Crippen LogP contribution < -0.4 is 17.7 Å². The minimum atomic E-state index is -1.54. The lowest BCUT2D eigenvalue weighted by molar-refractivity contribution is -0.0000178. The number of nitrogens with zero attached hydrogens (tertiary/aromatic N) is 1. The van der Waals surface area contributed by atoms with Gasteiger partial charge in [0.25, 0.3) is 5.91 Å². The van der Waals surface area contributed by atoms with Gasteiger partial charge in [0, 0.05) is 16.7 Å². The molecule has 4 rings (SSSR count). The molecule has 0 aliphatic carbocycles. The fourth-order valence-electron chi connectivity index (χ4n) is 2.97. The molecule has 3 aromatic carbocycles. The van der Waals surface area contributed by atoms with Gasteiger partial charge in [-0.3, -0.25) is 4.79 Å². The van der Waals surface area contributed by atoms with Crippen LogP contribution in [0.2, 0.25) is 0 Å². The zero-order chi connectivity index (χ0) is 18.7. The molecule has 0 saturated heterocycles. The first-order chi connectivity index (χ1) is 13.2. The van der Waals surface area contributed by atoms with Crippen molar-refractivity contribution in [2.75, 3.05) is 0 Å². The Bertz CT molecular complexity index is 968. The van der Waals surface area contributed by atoms with Gasteiger partial charge >= 0.3 is 0 Å². The van der Waals surface area contributed by atoms with E-state index in [9.17, 15) is 9.90 Å². The molecule has 0 spiro atoms. The summed E-state index contributed by atoms with van der Waals surface area (Å²) in [6.45, 7) is 0. The number of rotatable bonds is 4. The van der Waals surface area contributed by atoms with Gasteiger partial charge in [-0.1, -0.05) is 90.6 Å². The second kappa shape index (κ2) is 8.61. The fraction of sp³-hybridized carbons (Fsp3) is 0.0909. The second-order valence-electron chi connectivity index (χ2n) is 6.21. The molecule has 2 N–H and O–H groups in total. The quantitative estimate of drug-likeness (QED) is 0.669. The predicted molar refractivity (Wildman–Crippen MR) is 109 cm³/mol. The molecular weight excluding hydrogens is 392 g/mol. The summed E-state index contributed by atoms with van der Waals surface area (Å²) < 4.78 is 0. The molecule has 0 fully saturated rings. The lowest BCUT2D eigenvalue weighted by atomic mass is 10.0. The van der Waals surface area contributed by atoms with Gasteiger partial charge in [0.1, 0.15) is 10.4 Å². The molecule has 4 nitrogen and oxygen atoms in total. The number of amides is 1. The van der Waals surface area contributed by atoms with Crippen LogP contribution in [0.15, 0.2) is 96.0 Å². The normalized spacial score (nSPS) is 20.8. The molecule has 0 bridgehead atoms. The van der Waals surface area contributed by atoms with Gasteiger partial charge < -0.3 is 22.8 Å². The van der Waals surface area contributed by atoms with Crippen LogP contribution in [-0.2, 0) is 5.72 Å². The first kappa shape index (κ1) is 20.1. The van der Waals surface area contributed by atoms with Crippen LogP contribution in [0.25, 0.3) is 0 Å². The Hall–Kier alpha value is -2.60. The number of hydrogen-bond acceptors (Lipinski definition) is 4. The highest BCUT2D eigenvalue weighted by atomic mass is 35.5. The largest absolute Gasteiger partial charge is 1.00 e. The molecule has 1 aliphatic heterocycles. The molecule has 0 radical (unpaired) electrons. The van der Waals surface area contributed by atoms with Crippen molar-refractivity contribution in [3.05, 3.63) is 108 Å².